The van der Waals surface area contributed by atoms with Crippen LogP contribution in [0.25, 0.3) is 0 Å². The molecule has 2 unspecified atom stereocenters. The third-order valence-corrected chi connectivity index (χ3v) is 1.77. The summed E-state index contributed by atoms with van der Waals surface area (Å²) in [5.41, 5.74) is 0. The molecule has 1 aliphatic heterocycles. The number of hydrogen-bond acceptors (Lipinski definition) is 1. The smallest absolute Gasteiger partial charge is 0.111 e. The van der Waals surface area contributed by atoms with E-state index in [-0.39, 0.29) is 0 Å². The molecule has 0 aromatic carbocycles. The molecule has 0 radical (unpaired) electrons. The summed E-state index contributed by atoms with van der Waals surface area (Å²) < 4.78 is 5.15. The van der Waals surface area contributed by atoms with Crippen molar-refractivity contribution in [2.75, 3.05) is 13.7 Å². The summed E-state index contributed by atoms with van der Waals surface area (Å²) in [6.45, 7) is 3.39. The van der Waals surface area contributed by atoms with Crippen molar-refractivity contribution in [2.24, 2.45) is 0 Å². The van der Waals surface area contributed by atoms with Crippen LogP contribution in [-0.4, -0.2) is 25.8 Å². The predicted octanol–water partition coefficient (Wildman–Crippen LogP) is -0.643. The summed E-state index contributed by atoms with van der Waals surface area (Å²) in [7, 11) is 1.79. The molecular formula is C6H14NO+. The number of quaternary nitrogens is 1. The first-order valence-electron chi connectivity index (χ1n) is 3.19. The second-order valence-corrected chi connectivity index (χ2v) is 2.54. The van der Waals surface area contributed by atoms with E-state index in [1.54, 1.807) is 7.11 Å². The van der Waals surface area contributed by atoms with Crippen molar-refractivity contribution >= 4 is 0 Å². The zero-order chi connectivity index (χ0) is 5.98. The average Bonchev–Trinajstić information content (AvgIpc) is 2.14. The molecular weight excluding hydrogens is 102 g/mol. The van der Waals surface area contributed by atoms with Crippen LogP contribution in [0.5, 0.6) is 0 Å². The quantitative estimate of drug-likeness (QED) is 0.484. The van der Waals surface area contributed by atoms with Gasteiger partial charge >= 0.3 is 0 Å². The highest BCUT2D eigenvalue weighted by Gasteiger charge is 2.23. The van der Waals surface area contributed by atoms with Crippen molar-refractivity contribution in [1.82, 2.24) is 0 Å². The average molecular weight is 116 g/mol. The van der Waals surface area contributed by atoms with Gasteiger partial charge in [0.1, 0.15) is 12.6 Å². The van der Waals surface area contributed by atoms with E-state index in [4.69, 9.17) is 4.74 Å². The Balaban J connectivity index is 2.22. The fraction of sp³-hybridized carbons (Fsp3) is 1.00. The Kier molecular flexibility index (Phi) is 1.86. The first-order valence-corrected chi connectivity index (χ1v) is 3.19. The molecule has 0 aliphatic carbocycles. The number of methoxy groups -OCH3 is 1. The van der Waals surface area contributed by atoms with E-state index >= 15 is 0 Å². The lowest BCUT2D eigenvalue weighted by molar-refractivity contribution is -0.668. The minimum absolute atomic E-state index is 0.519. The maximum absolute atomic E-state index is 5.15. The molecule has 1 fully saturated rings. The van der Waals surface area contributed by atoms with Crippen molar-refractivity contribution in [1.29, 1.82) is 0 Å². The van der Waals surface area contributed by atoms with Crippen LogP contribution in [0.15, 0.2) is 0 Å². The van der Waals surface area contributed by atoms with Gasteiger partial charge in [0.2, 0.25) is 0 Å². The van der Waals surface area contributed by atoms with Crippen LogP contribution >= 0.6 is 0 Å². The van der Waals surface area contributed by atoms with Crippen LogP contribution in [0.4, 0.5) is 0 Å². The van der Waals surface area contributed by atoms with Crippen molar-refractivity contribution < 1.29 is 10.1 Å². The summed E-state index contributed by atoms with van der Waals surface area (Å²) in [5.74, 6) is 0. The monoisotopic (exact) mass is 116 g/mol. The molecule has 2 N–H and O–H groups in total. The van der Waals surface area contributed by atoms with Crippen LogP contribution in [0.3, 0.4) is 0 Å². The predicted molar refractivity (Wildman–Crippen MR) is 31.7 cm³/mol. The fourth-order valence-electron chi connectivity index (χ4n) is 1.18. The van der Waals surface area contributed by atoms with Gasteiger partial charge in [0.05, 0.1) is 6.04 Å². The molecule has 2 nitrogen and oxygen atoms in total. The zero-order valence-electron chi connectivity index (χ0n) is 5.55. The third kappa shape index (κ3) is 1.20. The summed E-state index contributed by atoms with van der Waals surface area (Å²) in [6, 6.07) is 0.778. The van der Waals surface area contributed by atoms with E-state index in [2.05, 4.69) is 12.2 Å². The Labute approximate surface area is 50.2 Å². The number of hydrogen-bond donors (Lipinski definition) is 1. The van der Waals surface area contributed by atoms with Crippen molar-refractivity contribution in [2.45, 2.75) is 25.5 Å². The fourth-order valence-corrected chi connectivity index (χ4v) is 1.18. The lowest BCUT2D eigenvalue weighted by Gasteiger charge is -1.99. The van der Waals surface area contributed by atoms with Crippen LogP contribution in [0.1, 0.15) is 13.3 Å². The molecule has 0 spiro atoms. The van der Waals surface area contributed by atoms with Gasteiger partial charge in [-0.2, -0.15) is 0 Å². The molecule has 0 aromatic rings. The zero-order valence-corrected chi connectivity index (χ0v) is 5.55. The van der Waals surface area contributed by atoms with Crippen LogP contribution in [0.2, 0.25) is 0 Å². The minimum Gasteiger partial charge on any atom is -0.375 e. The highest BCUT2D eigenvalue weighted by Crippen LogP contribution is 2.00. The molecule has 0 aromatic heterocycles. The van der Waals surface area contributed by atoms with Crippen molar-refractivity contribution in [3.8, 4) is 0 Å². The third-order valence-electron chi connectivity index (χ3n) is 1.77. The first-order chi connectivity index (χ1) is 3.83. The Hall–Kier alpha value is -0.0800. The highest BCUT2D eigenvalue weighted by atomic mass is 16.5. The molecule has 1 aliphatic rings. The largest absolute Gasteiger partial charge is 0.375 e. The number of nitrogens with two attached hydrogens (primary N) is 1. The molecule has 2 atom stereocenters. The van der Waals surface area contributed by atoms with Gasteiger partial charge in [0.25, 0.3) is 0 Å². The van der Waals surface area contributed by atoms with E-state index in [1.807, 2.05) is 0 Å². The number of ether oxygens (including phenoxy) is 1. The van der Waals surface area contributed by atoms with Gasteiger partial charge in [0.15, 0.2) is 0 Å². The summed E-state index contributed by atoms with van der Waals surface area (Å²) >= 11 is 0. The maximum atomic E-state index is 5.15. The van der Waals surface area contributed by atoms with E-state index in [0.29, 0.717) is 6.10 Å². The second kappa shape index (κ2) is 2.46. The van der Waals surface area contributed by atoms with Crippen LogP contribution in [0, 0.1) is 0 Å². The van der Waals surface area contributed by atoms with E-state index < -0.39 is 0 Å². The summed E-state index contributed by atoms with van der Waals surface area (Å²) in [6.07, 6.45) is 1.74. The van der Waals surface area contributed by atoms with Gasteiger partial charge in [0, 0.05) is 13.5 Å². The van der Waals surface area contributed by atoms with Gasteiger partial charge in [-0.15, -0.1) is 0 Å². The molecule has 0 saturated carbocycles. The Morgan fingerprint density at radius 1 is 1.62 bits per heavy atom. The van der Waals surface area contributed by atoms with E-state index in [1.165, 1.54) is 6.42 Å². The highest BCUT2D eigenvalue weighted by molar-refractivity contribution is 4.64. The van der Waals surface area contributed by atoms with Gasteiger partial charge in [-0.3, -0.25) is 0 Å². The standard InChI is InChI=1S/C6H13NO/c1-5-3-6(8-2)4-7-5/h5-7H,3-4H2,1-2H3/p+1. The molecule has 48 valence electrons. The van der Waals surface area contributed by atoms with Gasteiger partial charge in [-0.1, -0.05) is 0 Å². The van der Waals surface area contributed by atoms with Gasteiger partial charge in [-0.25, -0.2) is 0 Å². The van der Waals surface area contributed by atoms with E-state index in [0.717, 1.165) is 12.6 Å². The SMILES string of the molecule is COC1C[NH2+]C(C)C1. The van der Waals surface area contributed by atoms with Gasteiger partial charge < -0.3 is 10.1 Å². The normalized spacial score (nSPS) is 38.2. The van der Waals surface area contributed by atoms with Crippen LogP contribution < -0.4 is 5.32 Å². The Morgan fingerprint density at radius 2 is 2.38 bits per heavy atom. The molecule has 0 bridgehead atoms. The molecule has 1 saturated heterocycles. The van der Waals surface area contributed by atoms with Crippen molar-refractivity contribution in [3.63, 3.8) is 0 Å². The Morgan fingerprint density at radius 3 is 2.62 bits per heavy atom. The Bertz CT molecular complexity index is 74.9. The molecule has 1 rings (SSSR count). The van der Waals surface area contributed by atoms with E-state index in [9.17, 15) is 0 Å². The lowest BCUT2D eigenvalue weighted by atomic mass is 10.2. The second-order valence-electron chi connectivity index (χ2n) is 2.54. The maximum Gasteiger partial charge on any atom is 0.111 e. The first kappa shape index (κ1) is 6.05. The lowest BCUT2D eigenvalue weighted by Crippen LogP contribution is -2.86. The number of rotatable bonds is 1. The molecule has 8 heavy (non-hydrogen) atoms. The summed E-state index contributed by atoms with van der Waals surface area (Å²) in [4.78, 5) is 0. The molecule has 0 amide bonds. The van der Waals surface area contributed by atoms with Crippen LogP contribution in [-0.2, 0) is 4.74 Å². The van der Waals surface area contributed by atoms with Crippen molar-refractivity contribution in [3.05, 3.63) is 0 Å². The summed E-state index contributed by atoms with van der Waals surface area (Å²) in [5, 5.41) is 2.33. The molecule has 1 heterocycles. The van der Waals surface area contributed by atoms with Gasteiger partial charge in [-0.05, 0) is 6.92 Å². The minimum atomic E-state index is 0.519. The topological polar surface area (TPSA) is 25.8 Å². The molecule has 2 heteroatoms.